The van der Waals surface area contributed by atoms with E-state index in [4.69, 9.17) is 15.5 Å². The average Bonchev–Trinajstić information content (AvgIpc) is 2.15. The summed E-state index contributed by atoms with van der Waals surface area (Å²) in [5.74, 6) is -1.09. The predicted octanol–water partition coefficient (Wildman–Crippen LogP) is 1.06. The molecule has 0 radical (unpaired) electrons. The normalized spacial score (nSPS) is 9.50. The van der Waals surface area contributed by atoms with Crippen molar-refractivity contribution in [3.8, 4) is 6.07 Å². The standard InChI is InChI=1S/C10H9NO3/c1-6-2-7(4-11)3-8(5-12)9(6)10(13)14/h2-3,12H,5H2,1H3,(H,13,14). The van der Waals surface area contributed by atoms with Gasteiger partial charge in [0.05, 0.1) is 23.8 Å². The number of nitrogens with zero attached hydrogens (tertiary/aromatic N) is 1. The molecular weight excluding hydrogens is 182 g/mol. The maximum Gasteiger partial charge on any atom is 0.336 e. The molecule has 4 heteroatoms. The van der Waals surface area contributed by atoms with Crippen LogP contribution in [0.25, 0.3) is 0 Å². The molecular formula is C10H9NO3. The van der Waals surface area contributed by atoms with Crippen molar-refractivity contribution in [2.24, 2.45) is 0 Å². The molecule has 0 aliphatic heterocycles. The van der Waals surface area contributed by atoms with Crippen LogP contribution in [0.4, 0.5) is 0 Å². The molecule has 0 amide bonds. The van der Waals surface area contributed by atoms with Crippen LogP contribution in [0.3, 0.4) is 0 Å². The van der Waals surface area contributed by atoms with Crippen LogP contribution in [0.5, 0.6) is 0 Å². The Morgan fingerprint density at radius 2 is 2.21 bits per heavy atom. The second-order valence-corrected chi connectivity index (χ2v) is 2.90. The SMILES string of the molecule is Cc1cc(C#N)cc(CO)c1C(=O)O. The Hall–Kier alpha value is -1.86. The maximum absolute atomic E-state index is 10.8. The number of carboxylic acid groups (broad SMARTS) is 1. The van der Waals surface area contributed by atoms with Crippen LogP contribution in [-0.4, -0.2) is 16.2 Å². The van der Waals surface area contributed by atoms with Gasteiger partial charge in [0.1, 0.15) is 0 Å². The van der Waals surface area contributed by atoms with Gasteiger partial charge < -0.3 is 10.2 Å². The predicted molar refractivity (Wildman–Crippen MR) is 48.8 cm³/mol. The van der Waals surface area contributed by atoms with Crippen molar-refractivity contribution >= 4 is 5.97 Å². The molecule has 0 saturated heterocycles. The molecule has 4 nitrogen and oxygen atoms in total. The van der Waals surface area contributed by atoms with Gasteiger partial charge in [-0.25, -0.2) is 4.79 Å². The molecule has 0 unspecified atom stereocenters. The fraction of sp³-hybridized carbons (Fsp3) is 0.200. The van der Waals surface area contributed by atoms with Gasteiger partial charge in [0, 0.05) is 0 Å². The summed E-state index contributed by atoms with van der Waals surface area (Å²) in [6, 6.07) is 4.78. The minimum absolute atomic E-state index is 0.0755. The first kappa shape index (κ1) is 10.2. The first-order valence-corrected chi connectivity index (χ1v) is 3.98. The number of carboxylic acids is 1. The first-order valence-electron chi connectivity index (χ1n) is 3.98. The number of aliphatic hydroxyl groups excluding tert-OH is 1. The van der Waals surface area contributed by atoms with Crippen LogP contribution in [-0.2, 0) is 6.61 Å². The minimum Gasteiger partial charge on any atom is -0.478 e. The Balaban J connectivity index is 3.44. The Bertz CT molecular complexity index is 418. The molecule has 0 bridgehead atoms. The number of hydrogen-bond acceptors (Lipinski definition) is 3. The molecule has 0 heterocycles. The van der Waals surface area contributed by atoms with Gasteiger partial charge in [0.15, 0.2) is 0 Å². The largest absolute Gasteiger partial charge is 0.478 e. The van der Waals surface area contributed by atoms with Gasteiger partial charge in [-0.15, -0.1) is 0 Å². The quantitative estimate of drug-likeness (QED) is 0.732. The number of aromatic carboxylic acids is 1. The highest BCUT2D eigenvalue weighted by Crippen LogP contribution is 2.17. The minimum atomic E-state index is -1.09. The van der Waals surface area contributed by atoms with E-state index in [2.05, 4.69) is 0 Å². The third-order valence-corrected chi connectivity index (χ3v) is 1.93. The molecule has 0 atom stereocenters. The van der Waals surface area contributed by atoms with Crippen molar-refractivity contribution < 1.29 is 15.0 Å². The fourth-order valence-corrected chi connectivity index (χ4v) is 1.36. The van der Waals surface area contributed by atoms with E-state index < -0.39 is 5.97 Å². The molecule has 14 heavy (non-hydrogen) atoms. The average molecular weight is 191 g/mol. The highest BCUT2D eigenvalue weighted by Gasteiger charge is 2.13. The van der Waals surface area contributed by atoms with Crippen molar-refractivity contribution in [1.82, 2.24) is 0 Å². The van der Waals surface area contributed by atoms with E-state index in [0.29, 0.717) is 11.1 Å². The highest BCUT2D eigenvalue weighted by molar-refractivity contribution is 5.91. The van der Waals surface area contributed by atoms with E-state index in [9.17, 15) is 4.79 Å². The zero-order chi connectivity index (χ0) is 10.7. The lowest BCUT2D eigenvalue weighted by Crippen LogP contribution is -2.06. The molecule has 1 rings (SSSR count). The van der Waals surface area contributed by atoms with Crippen molar-refractivity contribution in [1.29, 1.82) is 5.26 Å². The van der Waals surface area contributed by atoms with Crippen LogP contribution in [0, 0.1) is 18.3 Å². The number of carbonyl (C=O) groups is 1. The lowest BCUT2D eigenvalue weighted by atomic mass is 9.99. The van der Waals surface area contributed by atoms with Crippen LogP contribution in [0.2, 0.25) is 0 Å². The number of nitriles is 1. The number of rotatable bonds is 2. The summed E-state index contributed by atoms with van der Waals surface area (Å²) in [7, 11) is 0. The smallest absolute Gasteiger partial charge is 0.336 e. The van der Waals surface area contributed by atoms with Crippen molar-refractivity contribution in [3.05, 3.63) is 34.4 Å². The Morgan fingerprint density at radius 1 is 1.57 bits per heavy atom. The first-order chi connectivity index (χ1) is 6.60. The second kappa shape index (κ2) is 3.90. The second-order valence-electron chi connectivity index (χ2n) is 2.90. The molecule has 72 valence electrons. The number of aryl methyl sites for hydroxylation is 1. The lowest BCUT2D eigenvalue weighted by Gasteiger charge is -2.06. The number of hydrogen-bond donors (Lipinski definition) is 2. The summed E-state index contributed by atoms with van der Waals surface area (Å²) < 4.78 is 0. The van der Waals surface area contributed by atoms with Crippen molar-refractivity contribution in [3.63, 3.8) is 0 Å². The molecule has 0 aliphatic rings. The Kier molecular flexibility index (Phi) is 2.85. The third kappa shape index (κ3) is 1.73. The third-order valence-electron chi connectivity index (χ3n) is 1.93. The van der Waals surface area contributed by atoms with Gasteiger partial charge in [0.25, 0.3) is 0 Å². The molecule has 0 fully saturated rings. The monoisotopic (exact) mass is 191 g/mol. The van der Waals surface area contributed by atoms with Gasteiger partial charge in [-0.1, -0.05) is 0 Å². The van der Waals surface area contributed by atoms with Gasteiger partial charge >= 0.3 is 5.97 Å². The van der Waals surface area contributed by atoms with E-state index in [-0.39, 0.29) is 17.7 Å². The van der Waals surface area contributed by atoms with Gasteiger partial charge in [-0.2, -0.15) is 5.26 Å². The maximum atomic E-state index is 10.8. The van der Waals surface area contributed by atoms with E-state index in [1.165, 1.54) is 12.1 Å². The summed E-state index contributed by atoms with van der Waals surface area (Å²) in [6.45, 7) is 1.22. The molecule has 0 saturated carbocycles. The topological polar surface area (TPSA) is 81.3 Å². The summed E-state index contributed by atoms with van der Waals surface area (Å²) in [5.41, 5.74) is 1.19. The van der Waals surface area contributed by atoms with Gasteiger partial charge in [-0.3, -0.25) is 0 Å². The number of benzene rings is 1. The zero-order valence-corrected chi connectivity index (χ0v) is 7.61. The Labute approximate surface area is 81.0 Å². The molecule has 1 aromatic carbocycles. The van der Waals surface area contributed by atoms with Crippen LogP contribution < -0.4 is 0 Å². The van der Waals surface area contributed by atoms with E-state index >= 15 is 0 Å². The Morgan fingerprint density at radius 3 is 2.64 bits per heavy atom. The lowest BCUT2D eigenvalue weighted by molar-refractivity contribution is 0.0692. The van der Waals surface area contributed by atoms with Crippen molar-refractivity contribution in [2.75, 3.05) is 0 Å². The van der Waals surface area contributed by atoms with E-state index in [0.717, 1.165) is 0 Å². The highest BCUT2D eigenvalue weighted by atomic mass is 16.4. The summed E-state index contributed by atoms with van der Waals surface area (Å²) in [4.78, 5) is 10.8. The molecule has 1 aromatic rings. The molecule has 2 N–H and O–H groups in total. The van der Waals surface area contributed by atoms with Gasteiger partial charge in [-0.05, 0) is 30.2 Å². The van der Waals surface area contributed by atoms with Gasteiger partial charge in [0.2, 0.25) is 0 Å². The van der Waals surface area contributed by atoms with E-state index in [1.807, 2.05) is 6.07 Å². The number of aliphatic hydroxyl groups is 1. The van der Waals surface area contributed by atoms with E-state index in [1.54, 1.807) is 6.92 Å². The molecule has 0 aromatic heterocycles. The van der Waals surface area contributed by atoms with Crippen LogP contribution in [0.15, 0.2) is 12.1 Å². The summed E-state index contributed by atoms with van der Waals surface area (Å²) in [6.07, 6.45) is 0. The molecule has 0 aliphatic carbocycles. The fourth-order valence-electron chi connectivity index (χ4n) is 1.36. The zero-order valence-electron chi connectivity index (χ0n) is 7.61. The molecule has 0 spiro atoms. The summed E-state index contributed by atoms with van der Waals surface area (Å²) >= 11 is 0. The van der Waals surface area contributed by atoms with Crippen LogP contribution >= 0.6 is 0 Å². The van der Waals surface area contributed by atoms with Crippen molar-refractivity contribution in [2.45, 2.75) is 13.5 Å². The summed E-state index contributed by atoms with van der Waals surface area (Å²) in [5, 5.41) is 26.4. The van der Waals surface area contributed by atoms with Crippen LogP contribution in [0.1, 0.15) is 27.0 Å².